The lowest BCUT2D eigenvalue weighted by atomic mass is 10.1. The van der Waals surface area contributed by atoms with E-state index in [2.05, 4.69) is 15.8 Å². The molecule has 0 fully saturated rings. The zero-order valence-corrected chi connectivity index (χ0v) is 17.7. The Balaban J connectivity index is 1.45. The Kier molecular flexibility index (Phi) is 5.20. The van der Waals surface area contributed by atoms with E-state index in [1.807, 2.05) is 49.4 Å². The van der Waals surface area contributed by atoms with Crippen molar-refractivity contribution in [3.63, 3.8) is 0 Å². The summed E-state index contributed by atoms with van der Waals surface area (Å²) in [6.45, 7) is 1.96. The first-order chi connectivity index (χ1) is 16.1. The third kappa shape index (κ3) is 4.12. The molecule has 3 aromatic carbocycles. The van der Waals surface area contributed by atoms with Gasteiger partial charge in [0, 0.05) is 22.7 Å². The molecule has 7 nitrogen and oxygen atoms in total. The van der Waals surface area contributed by atoms with Crippen molar-refractivity contribution < 1.29 is 18.5 Å². The molecule has 0 saturated carbocycles. The second-order valence-electron chi connectivity index (χ2n) is 7.52. The maximum atomic E-state index is 13.0. The number of hydrogen-bond acceptors (Lipinski definition) is 5. The van der Waals surface area contributed by atoms with Gasteiger partial charge in [-0.05, 0) is 31.2 Å². The highest BCUT2D eigenvalue weighted by atomic mass is 16.5. The first-order valence-corrected chi connectivity index (χ1v) is 10.3. The van der Waals surface area contributed by atoms with Crippen LogP contribution in [0.4, 0.5) is 11.4 Å². The summed E-state index contributed by atoms with van der Waals surface area (Å²) in [6.07, 6.45) is 0. The van der Waals surface area contributed by atoms with Crippen molar-refractivity contribution in [1.82, 2.24) is 5.16 Å². The highest BCUT2D eigenvalue weighted by Gasteiger charge is 2.24. The molecule has 33 heavy (non-hydrogen) atoms. The molecule has 0 unspecified atom stereocenters. The molecule has 2 aromatic heterocycles. The highest BCUT2D eigenvalue weighted by molar-refractivity contribution is 6.16. The molecule has 2 amide bonds. The Morgan fingerprint density at radius 2 is 1.55 bits per heavy atom. The van der Waals surface area contributed by atoms with Crippen molar-refractivity contribution >= 4 is 34.2 Å². The van der Waals surface area contributed by atoms with Gasteiger partial charge >= 0.3 is 0 Å². The van der Waals surface area contributed by atoms with Crippen molar-refractivity contribution in [2.45, 2.75) is 6.92 Å². The largest absolute Gasteiger partial charge is 0.449 e. The van der Waals surface area contributed by atoms with E-state index in [-0.39, 0.29) is 17.1 Å². The summed E-state index contributed by atoms with van der Waals surface area (Å²) in [5, 5.41) is 10.1. The Hall–Kier alpha value is -4.65. The Bertz CT molecular complexity index is 1450. The monoisotopic (exact) mass is 437 g/mol. The minimum atomic E-state index is -0.517. The average Bonchev–Trinajstić information content (AvgIpc) is 3.47. The summed E-state index contributed by atoms with van der Waals surface area (Å²) in [7, 11) is 0. The zero-order chi connectivity index (χ0) is 22.8. The quantitative estimate of drug-likeness (QED) is 0.357. The predicted molar refractivity (Wildman–Crippen MR) is 125 cm³/mol. The number of carbonyl (C=O) groups excluding carboxylic acids is 2. The summed E-state index contributed by atoms with van der Waals surface area (Å²) >= 11 is 0. The summed E-state index contributed by atoms with van der Waals surface area (Å²) in [6, 6.07) is 25.4. The van der Waals surface area contributed by atoms with E-state index < -0.39 is 11.8 Å². The van der Waals surface area contributed by atoms with Gasteiger partial charge in [-0.3, -0.25) is 9.59 Å². The van der Waals surface area contributed by atoms with E-state index in [1.165, 1.54) is 0 Å². The highest BCUT2D eigenvalue weighted by Crippen LogP contribution is 2.32. The van der Waals surface area contributed by atoms with Gasteiger partial charge in [-0.2, -0.15) is 0 Å². The number of carbonyl (C=O) groups is 2. The van der Waals surface area contributed by atoms with Crippen LogP contribution in [0, 0.1) is 6.92 Å². The molecule has 0 aliphatic rings. The molecule has 0 saturated heterocycles. The fourth-order valence-electron chi connectivity index (χ4n) is 3.45. The molecule has 5 rings (SSSR count). The zero-order valence-electron chi connectivity index (χ0n) is 17.7. The first-order valence-electron chi connectivity index (χ1n) is 10.3. The van der Waals surface area contributed by atoms with Gasteiger partial charge < -0.3 is 19.6 Å². The maximum Gasteiger partial charge on any atom is 0.293 e. The van der Waals surface area contributed by atoms with Crippen LogP contribution in [-0.2, 0) is 0 Å². The fraction of sp³-hybridized carbons (Fsp3) is 0.0385. The molecule has 0 bridgehead atoms. The molecule has 0 radical (unpaired) electrons. The summed E-state index contributed by atoms with van der Waals surface area (Å²) < 4.78 is 11.1. The van der Waals surface area contributed by atoms with Crippen LogP contribution in [-0.4, -0.2) is 17.0 Å². The number of benzene rings is 3. The van der Waals surface area contributed by atoms with E-state index in [0.29, 0.717) is 22.4 Å². The molecular weight excluding hydrogens is 418 g/mol. The molecular formula is C26H19N3O4. The number of aryl methyl sites for hydroxylation is 1. The topological polar surface area (TPSA) is 97.4 Å². The number of nitrogens with one attached hydrogen (secondary N) is 2. The van der Waals surface area contributed by atoms with Crippen LogP contribution in [0.5, 0.6) is 0 Å². The first kappa shape index (κ1) is 20.3. The number of nitrogens with zero attached hydrogens (tertiary/aromatic N) is 1. The number of hydrogen-bond donors (Lipinski definition) is 2. The third-order valence-electron chi connectivity index (χ3n) is 5.15. The van der Waals surface area contributed by atoms with Crippen LogP contribution >= 0.6 is 0 Å². The van der Waals surface area contributed by atoms with E-state index in [9.17, 15) is 9.59 Å². The van der Waals surface area contributed by atoms with E-state index in [4.69, 9.17) is 8.94 Å². The van der Waals surface area contributed by atoms with Crippen LogP contribution in [0.25, 0.3) is 22.3 Å². The molecule has 0 aliphatic heterocycles. The molecule has 2 N–H and O–H groups in total. The van der Waals surface area contributed by atoms with Gasteiger partial charge in [-0.25, -0.2) is 0 Å². The Morgan fingerprint density at radius 3 is 2.33 bits per heavy atom. The summed E-state index contributed by atoms with van der Waals surface area (Å²) in [5.74, 6) is -0.528. The number of anilines is 2. The Morgan fingerprint density at radius 1 is 0.818 bits per heavy atom. The number of para-hydroxylation sites is 1. The normalized spacial score (nSPS) is 10.8. The van der Waals surface area contributed by atoms with Crippen LogP contribution < -0.4 is 10.6 Å². The number of rotatable bonds is 5. The van der Waals surface area contributed by atoms with Crippen molar-refractivity contribution in [2.75, 3.05) is 10.6 Å². The second kappa shape index (κ2) is 8.47. The van der Waals surface area contributed by atoms with Crippen LogP contribution in [0.1, 0.15) is 26.6 Å². The van der Waals surface area contributed by atoms with Gasteiger partial charge in [0.05, 0.1) is 0 Å². The van der Waals surface area contributed by atoms with Gasteiger partial charge in [0.1, 0.15) is 11.3 Å². The van der Waals surface area contributed by atoms with Crippen molar-refractivity contribution in [1.29, 1.82) is 0 Å². The smallest absolute Gasteiger partial charge is 0.293 e. The van der Waals surface area contributed by atoms with Crippen LogP contribution in [0.3, 0.4) is 0 Å². The number of aromatic nitrogens is 1. The van der Waals surface area contributed by atoms with Gasteiger partial charge in [0.15, 0.2) is 11.5 Å². The van der Waals surface area contributed by atoms with E-state index in [1.54, 1.807) is 42.5 Å². The molecule has 0 atom stereocenters. The van der Waals surface area contributed by atoms with Gasteiger partial charge in [-0.1, -0.05) is 65.3 Å². The summed E-state index contributed by atoms with van der Waals surface area (Å²) in [4.78, 5) is 26.0. The van der Waals surface area contributed by atoms with Crippen LogP contribution in [0.15, 0.2) is 93.9 Å². The molecule has 2 heterocycles. The Labute approximate surface area is 189 Å². The number of fused-ring (bicyclic) bond motifs is 1. The van der Waals surface area contributed by atoms with Crippen LogP contribution in [0.2, 0.25) is 0 Å². The lowest BCUT2D eigenvalue weighted by Gasteiger charge is -2.06. The molecule has 5 aromatic rings. The average molecular weight is 437 g/mol. The molecule has 0 aliphatic carbocycles. The van der Waals surface area contributed by atoms with Gasteiger partial charge in [0.25, 0.3) is 11.8 Å². The van der Waals surface area contributed by atoms with Crippen molar-refractivity contribution in [3.05, 3.63) is 102 Å². The third-order valence-corrected chi connectivity index (χ3v) is 5.15. The minimum absolute atomic E-state index is 0.00287. The predicted octanol–water partition coefficient (Wildman–Crippen LogP) is 5.90. The lowest BCUT2D eigenvalue weighted by Crippen LogP contribution is -2.17. The molecule has 162 valence electrons. The standard InChI is InChI=1S/C26H19N3O4/c1-16-11-13-18(14-12-16)27-26(31)24-23(19-9-5-6-10-21(19)32-24)28-25(30)20-15-22(33-29-20)17-7-3-2-4-8-17/h2-15H,1H3,(H,27,31)(H,28,30). The summed E-state index contributed by atoms with van der Waals surface area (Å²) in [5.41, 5.74) is 3.33. The van der Waals surface area contributed by atoms with Crippen molar-refractivity contribution in [2.24, 2.45) is 0 Å². The van der Waals surface area contributed by atoms with Crippen molar-refractivity contribution in [3.8, 4) is 11.3 Å². The van der Waals surface area contributed by atoms with Gasteiger partial charge in [-0.15, -0.1) is 0 Å². The minimum Gasteiger partial charge on any atom is -0.449 e. The SMILES string of the molecule is Cc1ccc(NC(=O)c2oc3ccccc3c2NC(=O)c2cc(-c3ccccc3)on2)cc1. The molecule has 7 heteroatoms. The lowest BCUT2D eigenvalue weighted by molar-refractivity contribution is 0.0999. The van der Waals surface area contributed by atoms with E-state index >= 15 is 0 Å². The fourth-order valence-corrected chi connectivity index (χ4v) is 3.45. The maximum absolute atomic E-state index is 13.0. The number of furan rings is 1. The second-order valence-corrected chi connectivity index (χ2v) is 7.52. The molecule has 0 spiro atoms. The van der Waals surface area contributed by atoms with Gasteiger partial charge in [0.2, 0.25) is 5.76 Å². The van der Waals surface area contributed by atoms with E-state index in [0.717, 1.165) is 11.1 Å². The number of amides is 2.